The molecule has 0 saturated heterocycles. The predicted molar refractivity (Wildman–Crippen MR) is 58.8 cm³/mol. The van der Waals surface area contributed by atoms with Crippen molar-refractivity contribution >= 4 is 23.5 Å². The summed E-state index contributed by atoms with van der Waals surface area (Å²) in [5.41, 5.74) is 0. The highest BCUT2D eigenvalue weighted by Gasteiger charge is 2.09. The molecule has 13 heavy (non-hydrogen) atoms. The van der Waals surface area contributed by atoms with Crippen molar-refractivity contribution < 1.29 is 4.74 Å². The summed E-state index contributed by atoms with van der Waals surface area (Å²) in [7, 11) is 15.8. The lowest BCUT2D eigenvalue weighted by Gasteiger charge is -2.23. The van der Waals surface area contributed by atoms with Crippen LogP contribution in [0.15, 0.2) is 36.1 Å². The first-order valence-corrected chi connectivity index (χ1v) is 4.01. The van der Waals surface area contributed by atoms with Crippen LogP contribution in [0.5, 0.6) is 0 Å². The maximum Gasteiger partial charge on any atom is 0.116 e. The Bertz CT molecular complexity index is 224. The smallest absolute Gasteiger partial charge is 0.116 e. The molecule has 0 aliphatic rings. The van der Waals surface area contributed by atoms with Gasteiger partial charge in [-0.15, -0.1) is 0 Å². The highest BCUT2D eigenvalue weighted by atomic mass is 16.5. The molecule has 0 N–H and O–H groups in total. The first-order valence-electron chi connectivity index (χ1n) is 4.01. The van der Waals surface area contributed by atoms with E-state index < -0.39 is 5.30 Å². The first-order chi connectivity index (χ1) is 5.99. The third-order valence-corrected chi connectivity index (χ3v) is 1.08. The molecule has 0 spiro atoms. The largest absolute Gasteiger partial charge is 0.516 e. The first kappa shape index (κ1) is 12.2. The van der Waals surface area contributed by atoms with Crippen LogP contribution in [0.2, 0.25) is 0 Å². The highest BCUT2D eigenvalue weighted by Crippen LogP contribution is 2.07. The van der Waals surface area contributed by atoms with E-state index in [0.29, 0.717) is 5.76 Å². The van der Waals surface area contributed by atoms with Crippen molar-refractivity contribution in [2.24, 2.45) is 0 Å². The van der Waals surface area contributed by atoms with Crippen molar-refractivity contribution in [1.29, 1.82) is 0 Å². The minimum absolute atomic E-state index is 0.521. The van der Waals surface area contributed by atoms with Gasteiger partial charge in [0.15, 0.2) is 0 Å². The van der Waals surface area contributed by atoms with Crippen LogP contribution in [0.4, 0.5) is 0 Å². The van der Waals surface area contributed by atoms with Crippen LogP contribution in [0.25, 0.3) is 0 Å². The third-order valence-electron chi connectivity index (χ3n) is 1.08. The van der Waals surface area contributed by atoms with E-state index in [9.17, 15) is 0 Å². The van der Waals surface area contributed by atoms with Crippen LogP contribution >= 0.6 is 0 Å². The molecule has 0 rings (SSSR count). The standard InChI is InChI=1S/C9H11B3O/c1-3-5-7-8(6-4-2)13-9(10,11)12/h3-7H,1-2H3/b5-3-,6-4-,8-7+. The van der Waals surface area contributed by atoms with Gasteiger partial charge in [0.25, 0.3) is 0 Å². The summed E-state index contributed by atoms with van der Waals surface area (Å²) in [4.78, 5) is 0. The van der Waals surface area contributed by atoms with Crippen LogP contribution in [-0.4, -0.2) is 28.8 Å². The Balaban J connectivity index is 4.44. The van der Waals surface area contributed by atoms with Crippen LogP contribution < -0.4 is 0 Å². The van der Waals surface area contributed by atoms with Crippen molar-refractivity contribution in [2.75, 3.05) is 0 Å². The maximum atomic E-state index is 5.27. The van der Waals surface area contributed by atoms with Gasteiger partial charge in [-0.25, -0.2) is 0 Å². The van der Waals surface area contributed by atoms with Gasteiger partial charge < -0.3 is 4.74 Å². The zero-order valence-corrected chi connectivity index (χ0v) is 8.03. The van der Waals surface area contributed by atoms with E-state index in [2.05, 4.69) is 0 Å². The lowest BCUT2D eigenvalue weighted by Crippen LogP contribution is -2.33. The van der Waals surface area contributed by atoms with Crippen LogP contribution in [0, 0.1) is 0 Å². The molecule has 4 heteroatoms. The van der Waals surface area contributed by atoms with E-state index >= 15 is 0 Å². The fourth-order valence-electron chi connectivity index (χ4n) is 0.683. The number of hydrogen-bond acceptors (Lipinski definition) is 1. The fraction of sp³-hybridized carbons (Fsp3) is 0.333. The Morgan fingerprint density at radius 1 is 1.15 bits per heavy atom. The monoisotopic (exact) mass is 168 g/mol. The van der Waals surface area contributed by atoms with Crippen LogP contribution in [0.1, 0.15) is 13.8 Å². The van der Waals surface area contributed by atoms with Gasteiger partial charge >= 0.3 is 0 Å². The Morgan fingerprint density at radius 2 is 1.77 bits per heavy atom. The number of ether oxygens (including phenoxy) is 1. The average molecular weight is 168 g/mol. The van der Waals surface area contributed by atoms with Gasteiger partial charge in [0, 0.05) is 0 Å². The van der Waals surface area contributed by atoms with Crippen molar-refractivity contribution in [2.45, 2.75) is 19.1 Å². The topological polar surface area (TPSA) is 9.23 Å². The quantitative estimate of drug-likeness (QED) is 0.347. The second-order valence-electron chi connectivity index (χ2n) is 2.55. The predicted octanol–water partition coefficient (Wildman–Crippen LogP) is 1.16. The van der Waals surface area contributed by atoms with E-state index in [-0.39, 0.29) is 0 Å². The van der Waals surface area contributed by atoms with E-state index in [4.69, 9.17) is 28.3 Å². The summed E-state index contributed by atoms with van der Waals surface area (Å²) >= 11 is 0. The van der Waals surface area contributed by atoms with Crippen molar-refractivity contribution in [3.05, 3.63) is 36.1 Å². The molecule has 0 aromatic rings. The molecule has 0 heterocycles. The average Bonchev–Trinajstić information content (AvgIpc) is 1.98. The van der Waals surface area contributed by atoms with Crippen molar-refractivity contribution in [3.8, 4) is 0 Å². The molecule has 0 fully saturated rings. The number of hydrogen-bond donors (Lipinski definition) is 0. The molecule has 0 aliphatic carbocycles. The molecule has 62 valence electrons. The molecule has 6 radical (unpaired) electrons. The second kappa shape index (κ2) is 5.79. The minimum Gasteiger partial charge on any atom is -0.516 e. The lowest BCUT2D eigenvalue weighted by atomic mass is 9.52. The van der Waals surface area contributed by atoms with Gasteiger partial charge in [0.05, 0.1) is 0 Å². The molecule has 0 amide bonds. The molecule has 0 aliphatic heterocycles. The molecule has 0 saturated carbocycles. The Kier molecular flexibility index (Phi) is 5.44. The van der Waals surface area contributed by atoms with Crippen molar-refractivity contribution in [1.82, 2.24) is 0 Å². The van der Waals surface area contributed by atoms with Gasteiger partial charge in [-0.1, -0.05) is 18.2 Å². The number of rotatable bonds is 4. The Labute approximate surface area is 84.2 Å². The van der Waals surface area contributed by atoms with E-state index in [1.54, 1.807) is 24.3 Å². The normalized spacial score (nSPS) is 14.2. The van der Waals surface area contributed by atoms with E-state index in [0.717, 1.165) is 0 Å². The van der Waals surface area contributed by atoms with Gasteiger partial charge in [-0.2, -0.15) is 0 Å². The van der Waals surface area contributed by atoms with E-state index in [1.807, 2.05) is 19.9 Å². The summed E-state index contributed by atoms with van der Waals surface area (Å²) in [6.07, 6.45) is 8.92. The minimum atomic E-state index is -1.63. The van der Waals surface area contributed by atoms with Gasteiger partial charge in [0.2, 0.25) is 0 Å². The Morgan fingerprint density at radius 3 is 2.15 bits per heavy atom. The molecule has 0 unspecified atom stereocenters. The molecule has 0 aromatic carbocycles. The summed E-state index contributed by atoms with van der Waals surface area (Å²) in [5, 5.41) is -1.63. The van der Waals surface area contributed by atoms with Gasteiger partial charge in [-0.05, 0) is 31.3 Å². The molecular formula is C9H11B3O. The molecular weight excluding hydrogens is 157 g/mol. The maximum absolute atomic E-state index is 5.27. The lowest BCUT2D eigenvalue weighted by molar-refractivity contribution is 0.221. The third kappa shape index (κ3) is 7.57. The Hall–Kier alpha value is -0.785. The SMILES string of the molecule is [B]C([B])([B])OC(/C=C\C)=C/C=C\C. The summed E-state index contributed by atoms with van der Waals surface area (Å²) in [5.74, 6) is 0.521. The molecule has 0 atom stereocenters. The fourth-order valence-corrected chi connectivity index (χ4v) is 0.683. The van der Waals surface area contributed by atoms with Crippen LogP contribution in [0.3, 0.4) is 0 Å². The van der Waals surface area contributed by atoms with Crippen LogP contribution in [-0.2, 0) is 4.74 Å². The van der Waals surface area contributed by atoms with Gasteiger partial charge in [0.1, 0.15) is 29.3 Å². The highest BCUT2D eigenvalue weighted by molar-refractivity contribution is 6.58. The molecule has 1 nitrogen and oxygen atoms in total. The zero-order valence-electron chi connectivity index (χ0n) is 8.03. The summed E-state index contributed by atoms with van der Waals surface area (Å²) < 4.78 is 5.04. The molecule has 0 bridgehead atoms. The zero-order chi connectivity index (χ0) is 10.3. The summed E-state index contributed by atoms with van der Waals surface area (Å²) in [6.45, 7) is 3.75. The molecule has 0 aromatic heterocycles. The summed E-state index contributed by atoms with van der Waals surface area (Å²) in [6, 6.07) is 0. The number of allylic oxidation sites excluding steroid dienone is 5. The van der Waals surface area contributed by atoms with Gasteiger partial charge in [-0.3, -0.25) is 0 Å². The van der Waals surface area contributed by atoms with E-state index in [1.165, 1.54) is 0 Å². The van der Waals surface area contributed by atoms with Crippen molar-refractivity contribution in [3.63, 3.8) is 0 Å². The second-order valence-corrected chi connectivity index (χ2v) is 2.55.